The fraction of sp³-hybridized carbons (Fsp3) is 0.611. The van der Waals surface area contributed by atoms with E-state index in [1.54, 1.807) is 28.6 Å². The minimum absolute atomic E-state index is 0.0887. The zero-order chi connectivity index (χ0) is 18.1. The number of amides is 1. The summed E-state index contributed by atoms with van der Waals surface area (Å²) in [5.41, 5.74) is 0.640. The van der Waals surface area contributed by atoms with Crippen molar-refractivity contribution in [3.05, 3.63) is 24.3 Å². The number of anilines is 1. The predicted molar refractivity (Wildman–Crippen MR) is 100 cm³/mol. The molecule has 0 aromatic heterocycles. The number of rotatable bonds is 8. The largest absolute Gasteiger partial charge is 0.376 e. The summed E-state index contributed by atoms with van der Waals surface area (Å²) < 4.78 is 27.2. The van der Waals surface area contributed by atoms with Gasteiger partial charge in [-0.15, -0.1) is 0 Å². The van der Waals surface area contributed by atoms with Crippen LogP contribution in [0.3, 0.4) is 0 Å². The quantitative estimate of drug-likeness (QED) is 0.692. The Morgan fingerprint density at radius 1 is 1.16 bits per heavy atom. The summed E-state index contributed by atoms with van der Waals surface area (Å²) in [6.07, 6.45) is 5.98. The molecule has 140 valence electrons. The summed E-state index contributed by atoms with van der Waals surface area (Å²) in [6, 6.07) is 6.72. The van der Waals surface area contributed by atoms with Gasteiger partial charge in [-0.05, 0) is 37.5 Å². The summed E-state index contributed by atoms with van der Waals surface area (Å²) in [6.45, 7) is 4.04. The van der Waals surface area contributed by atoms with Crippen LogP contribution in [0, 0.1) is 0 Å². The summed E-state index contributed by atoms with van der Waals surface area (Å²) in [7, 11) is -3.47. The van der Waals surface area contributed by atoms with Gasteiger partial charge >= 0.3 is 0 Å². The molecular weight excluding hydrogens is 338 g/mol. The second-order valence-corrected chi connectivity index (χ2v) is 8.34. The molecule has 1 aromatic rings. The van der Waals surface area contributed by atoms with E-state index < -0.39 is 10.0 Å². The first kappa shape index (κ1) is 19.7. The van der Waals surface area contributed by atoms with Crippen molar-refractivity contribution >= 4 is 21.6 Å². The molecule has 0 radical (unpaired) electrons. The van der Waals surface area contributed by atoms with Gasteiger partial charge in [0.15, 0.2) is 0 Å². The number of carbonyl (C=O) groups excluding carboxylic acids is 1. The van der Waals surface area contributed by atoms with Crippen molar-refractivity contribution in [3.63, 3.8) is 0 Å². The van der Waals surface area contributed by atoms with Crippen molar-refractivity contribution in [2.75, 3.05) is 31.5 Å². The van der Waals surface area contributed by atoms with Crippen molar-refractivity contribution in [2.45, 2.75) is 50.3 Å². The first-order chi connectivity index (χ1) is 12.0. The maximum Gasteiger partial charge on any atom is 0.243 e. The molecule has 1 amide bonds. The zero-order valence-electron chi connectivity index (χ0n) is 15.0. The van der Waals surface area contributed by atoms with E-state index in [0.717, 1.165) is 38.5 Å². The van der Waals surface area contributed by atoms with E-state index in [0.29, 0.717) is 25.3 Å². The van der Waals surface area contributed by atoms with Crippen molar-refractivity contribution in [1.82, 2.24) is 9.62 Å². The number of hydrogen-bond acceptors (Lipinski definition) is 4. The molecule has 0 unspecified atom stereocenters. The molecule has 6 nitrogen and oxygen atoms in total. The van der Waals surface area contributed by atoms with Crippen LogP contribution in [0.4, 0.5) is 5.69 Å². The van der Waals surface area contributed by atoms with E-state index in [-0.39, 0.29) is 17.3 Å². The highest BCUT2D eigenvalue weighted by molar-refractivity contribution is 7.89. The lowest BCUT2D eigenvalue weighted by Crippen LogP contribution is -2.32. The van der Waals surface area contributed by atoms with Gasteiger partial charge in [0, 0.05) is 25.3 Å². The van der Waals surface area contributed by atoms with Crippen LogP contribution in [-0.4, -0.2) is 44.8 Å². The molecule has 0 aliphatic carbocycles. The Morgan fingerprint density at radius 2 is 1.88 bits per heavy atom. The molecule has 7 heteroatoms. The molecule has 1 heterocycles. The molecule has 0 atom stereocenters. The first-order valence-corrected chi connectivity index (χ1v) is 10.6. The van der Waals surface area contributed by atoms with Crippen LogP contribution < -0.4 is 10.6 Å². The Bertz CT molecular complexity index is 653. The molecule has 1 aliphatic rings. The average Bonchev–Trinajstić information content (AvgIpc) is 2.90. The number of sulfonamides is 1. The minimum Gasteiger partial charge on any atom is -0.376 e. The van der Waals surface area contributed by atoms with E-state index in [2.05, 4.69) is 17.6 Å². The van der Waals surface area contributed by atoms with Crippen LogP contribution in [0.2, 0.25) is 0 Å². The maximum absolute atomic E-state index is 12.8. The average molecular weight is 368 g/mol. The second-order valence-electron chi connectivity index (χ2n) is 6.40. The SMILES string of the molecule is CCCCNC(=O)CNc1cccc(S(=O)(=O)N2CCCCCC2)c1. The minimum atomic E-state index is -3.47. The van der Waals surface area contributed by atoms with Crippen molar-refractivity contribution in [3.8, 4) is 0 Å². The number of benzene rings is 1. The summed E-state index contributed by atoms with van der Waals surface area (Å²) in [4.78, 5) is 12.0. The normalized spacial score (nSPS) is 16.2. The van der Waals surface area contributed by atoms with Gasteiger partial charge in [0.05, 0.1) is 11.4 Å². The van der Waals surface area contributed by atoms with E-state index >= 15 is 0 Å². The molecule has 1 aliphatic heterocycles. The van der Waals surface area contributed by atoms with Gasteiger partial charge in [0.1, 0.15) is 0 Å². The Kier molecular flexibility index (Phi) is 7.71. The zero-order valence-corrected chi connectivity index (χ0v) is 15.8. The molecule has 2 rings (SSSR count). The van der Waals surface area contributed by atoms with Gasteiger partial charge in [0.2, 0.25) is 15.9 Å². The van der Waals surface area contributed by atoms with E-state index in [1.165, 1.54) is 0 Å². The lowest BCUT2D eigenvalue weighted by atomic mass is 10.2. The highest BCUT2D eigenvalue weighted by Gasteiger charge is 2.25. The van der Waals surface area contributed by atoms with Crippen molar-refractivity contribution < 1.29 is 13.2 Å². The van der Waals surface area contributed by atoms with Crippen LogP contribution in [0.1, 0.15) is 45.4 Å². The molecule has 1 saturated heterocycles. The van der Waals surface area contributed by atoms with Crippen molar-refractivity contribution in [2.24, 2.45) is 0 Å². The summed E-state index contributed by atoms with van der Waals surface area (Å²) in [5.74, 6) is -0.0887. The highest BCUT2D eigenvalue weighted by atomic mass is 32.2. The molecule has 1 fully saturated rings. The Hall–Kier alpha value is -1.60. The molecule has 0 spiro atoms. The van der Waals surface area contributed by atoms with Gasteiger partial charge in [-0.3, -0.25) is 4.79 Å². The molecule has 0 bridgehead atoms. The topological polar surface area (TPSA) is 78.5 Å². The number of hydrogen-bond donors (Lipinski definition) is 2. The van der Waals surface area contributed by atoms with Crippen LogP contribution in [0.5, 0.6) is 0 Å². The highest BCUT2D eigenvalue weighted by Crippen LogP contribution is 2.22. The smallest absolute Gasteiger partial charge is 0.243 e. The van der Waals surface area contributed by atoms with Gasteiger partial charge in [-0.25, -0.2) is 8.42 Å². The number of nitrogens with one attached hydrogen (secondary N) is 2. The van der Waals surface area contributed by atoms with Crippen LogP contribution >= 0.6 is 0 Å². The van der Waals surface area contributed by atoms with E-state index in [1.807, 2.05) is 0 Å². The fourth-order valence-electron chi connectivity index (χ4n) is 2.85. The molecule has 2 N–H and O–H groups in total. The predicted octanol–water partition coefficient (Wildman–Crippen LogP) is 2.58. The van der Waals surface area contributed by atoms with E-state index in [9.17, 15) is 13.2 Å². The third-order valence-corrected chi connectivity index (χ3v) is 6.24. The second kappa shape index (κ2) is 9.77. The van der Waals surface area contributed by atoms with Gasteiger partial charge in [-0.2, -0.15) is 4.31 Å². The molecule has 0 saturated carbocycles. The Morgan fingerprint density at radius 3 is 2.56 bits per heavy atom. The van der Waals surface area contributed by atoms with Crippen LogP contribution in [-0.2, 0) is 14.8 Å². The fourth-order valence-corrected chi connectivity index (χ4v) is 4.41. The number of nitrogens with zero attached hydrogens (tertiary/aromatic N) is 1. The maximum atomic E-state index is 12.8. The third kappa shape index (κ3) is 6.01. The third-order valence-electron chi connectivity index (χ3n) is 4.34. The number of unbranched alkanes of at least 4 members (excludes halogenated alkanes) is 1. The van der Waals surface area contributed by atoms with Crippen LogP contribution in [0.25, 0.3) is 0 Å². The standard InChI is InChI=1S/C18H29N3O3S/c1-2-3-11-19-18(22)15-20-16-9-8-10-17(14-16)25(23,24)21-12-6-4-5-7-13-21/h8-10,14,20H,2-7,11-13,15H2,1H3,(H,19,22). The molecular formula is C18H29N3O3S. The van der Waals surface area contributed by atoms with Gasteiger partial charge in [0.25, 0.3) is 0 Å². The monoisotopic (exact) mass is 367 g/mol. The summed E-state index contributed by atoms with van der Waals surface area (Å²) >= 11 is 0. The van der Waals surface area contributed by atoms with Crippen LogP contribution in [0.15, 0.2) is 29.2 Å². The van der Waals surface area contributed by atoms with Gasteiger partial charge in [-0.1, -0.05) is 32.3 Å². The Balaban J connectivity index is 1.98. The first-order valence-electron chi connectivity index (χ1n) is 9.15. The molecule has 1 aromatic carbocycles. The lowest BCUT2D eigenvalue weighted by Gasteiger charge is -2.20. The summed E-state index contributed by atoms with van der Waals surface area (Å²) in [5, 5.41) is 5.83. The number of carbonyl (C=O) groups is 1. The Labute approximate surface area is 151 Å². The lowest BCUT2D eigenvalue weighted by molar-refractivity contribution is -0.119. The van der Waals surface area contributed by atoms with Crippen molar-refractivity contribution in [1.29, 1.82) is 0 Å². The molecule has 25 heavy (non-hydrogen) atoms. The van der Waals surface area contributed by atoms with Gasteiger partial charge < -0.3 is 10.6 Å². The van der Waals surface area contributed by atoms with E-state index in [4.69, 9.17) is 0 Å².